The van der Waals surface area contributed by atoms with E-state index in [0.29, 0.717) is 26.1 Å². The predicted molar refractivity (Wildman–Crippen MR) is 107 cm³/mol. The summed E-state index contributed by atoms with van der Waals surface area (Å²) >= 11 is 0. The van der Waals surface area contributed by atoms with Crippen LogP contribution in [0, 0.1) is 0 Å². The molecule has 0 aromatic rings. The quantitative estimate of drug-likeness (QED) is 0.154. The maximum Gasteiger partial charge on any atom is 0.305 e. The van der Waals surface area contributed by atoms with Gasteiger partial charge in [-0.15, -0.1) is 0 Å². The molecule has 1 N–H and O–H groups in total. The first kappa shape index (κ1) is 24.8. The van der Waals surface area contributed by atoms with Crippen LogP contribution in [0.25, 0.3) is 0 Å². The lowest BCUT2D eigenvalue weighted by molar-refractivity contribution is -0.144. The van der Waals surface area contributed by atoms with Crippen LogP contribution in [0.15, 0.2) is 0 Å². The smallest absolute Gasteiger partial charge is 0.305 e. The van der Waals surface area contributed by atoms with Gasteiger partial charge >= 0.3 is 5.97 Å². The number of hydrogen-bond acceptors (Lipinski definition) is 4. The molecule has 1 unspecified atom stereocenters. The maximum atomic E-state index is 11.5. The van der Waals surface area contributed by atoms with E-state index in [1.807, 2.05) is 0 Å². The van der Waals surface area contributed by atoms with E-state index >= 15 is 0 Å². The molecule has 0 saturated heterocycles. The minimum atomic E-state index is -0.478. The third-order valence-electron chi connectivity index (χ3n) is 4.45. The van der Waals surface area contributed by atoms with Gasteiger partial charge in [0.05, 0.1) is 13.2 Å². The van der Waals surface area contributed by atoms with Crippen LogP contribution in [-0.4, -0.2) is 24.1 Å². The Labute approximate surface area is 157 Å². The van der Waals surface area contributed by atoms with Crippen molar-refractivity contribution in [2.24, 2.45) is 0 Å². The second kappa shape index (κ2) is 21.9. The molecule has 0 fully saturated rings. The van der Waals surface area contributed by atoms with E-state index in [4.69, 9.17) is 14.2 Å². The Morgan fingerprint density at radius 1 is 0.720 bits per heavy atom. The first-order valence-corrected chi connectivity index (χ1v) is 11.3. The summed E-state index contributed by atoms with van der Waals surface area (Å²) in [6.45, 7) is 3.10. The fraction of sp³-hybridized carbons (Fsp3) is 0.950. The molecule has 0 aliphatic rings. The molecule has 25 heavy (non-hydrogen) atoms. The van der Waals surface area contributed by atoms with Gasteiger partial charge in [-0.2, -0.15) is 0 Å². The molecule has 0 saturated carbocycles. The van der Waals surface area contributed by atoms with E-state index in [2.05, 4.69) is 6.92 Å². The van der Waals surface area contributed by atoms with Gasteiger partial charge in [0.1, 0.15) is 0 Å². The van der Waals surface area contributed by atoms with Crippen molar-refractivity contribution in [2.75, 3.05) is 13.2 Å². The molecule has 0 aliphatic heterocycles. The summed E-state index contributed by atoms with van der Waals surface area (Å²) in [5.74, 6) is -0.106. The lowest BCUT2D eigenvalue weighted by Crippen LogP contribution is -2.06. The number of esters is 1. The Morgan fingerprint density at radius 2 is 1.20 bits per heavy atom. The Balaban J connectivity index is 3.09. The van der Waals surface area contributed by atoms with Crippen LogP contribution in [0.1, 0.15) is 110 Å². The SMILES string of the molecule is CCCCCCCCCCCCCCCCC(=O)OCCCOPO. The minimum Gasteiger partial charge on any atom is -0.466 e. The average molecular weight is 377 g/mol. The monoisotopic (exact) mass is 376 g/mol. The minimum absolute atomic E-state index is 0.106. The average Bonchev–Trinajstić information content (AvgIpc) is 2.62. The van der Waals surface area contributed by atoms with Crippen molar-refractivity contribution in [3.8, 4) is 0 Å². The summed E-state index contributed by atoms with van der Waals surface area (Å²) in [6.07, 6.45) is 19.7. The molecule has 5 heteroatoms. The summed E-state index contributed by atoms with van der Waals surface area (Å²) in [5.41, 5.74) is 0. The predicted octanol–water partition coefficient (Wildman–Crippen LogP) is 6.31. The molecule has 0 aliphatic carbocycles. The van der Waals surface area contributed by atoms with Gasteiger partial charge in [-0.3, -0.25) is 4.79 Å². The van der Waals surface area contributed by atoms with Crippen LogP contribution in [0.2, 0.25) is 0 Å². The fourth-order valence-corrected chi connectivity index (χ4v) is 3.13. The largest absolute Gasteiger partial charge is 0.466 e. The van der Waals surface area contributed by atoms with Crippen molar-refractivity contribution in [3.63, 3.8) is 0 Å². The van der Waals surface area contributed by atoms with Gasteiger partial charge in [-0.05, 0) is 6.42 Å². The summed E-state index contributed by atoms with van der Waals surface area (Å²) in [7, 11) is -0.478. The summed E-state index contributed by atoms with van der Waals surface area (Å²) in [5, 5.41) is 0. The van der Waals surface area contributed by atoms with Gasteiger partial charge in [0.2, 0.25) is 0 Å². The molecule has 1 atom stereocenters. The van der Waals surface area contributed by atoms with Crippen molar-refractivity contribution in [2.45, 2.75) is 110 Å². The topological polar surface area (TPSA) is 55.8 Å². The number of rotatable bonds is 20. The van der Waals surface area contributed by atoms with E-state index in [-0.39, 0.29) is 5.97 Å². The number of unbranched alkanes of at least 4 members (excludes halogenated alkanes) is 13. The van der Waals surface area contributed by atoms with Crippen LogP contribution in [-0.2, 0) is 14.1 Å². The van der Waals surface area contributed by atoms with Crippen molar-refractivity contribution >= 4 is 15.0 Å². The molecule has 4 nitrogen and oxygen atoms in total. The van der Waals surface area contributed by atoms with Gasteiger partial charge < -0.3 is 14.2 Å². The zero-order chi connectivity index (χ0) is 18.4. The Hall–Kier alpha value is -0.180. The molecular weight excluding hydrogens is 335 g/mol. The van der Waals surface area contributed by atoms with Crippen LogP contribution in [0.3, 0.4) is 0 Å². The van der Waals surface area contributed by atoms with Crippen molar-refractivity contribution in [1.82, 2.24) is 0 Å². The maximum absolute atomic E-state index is 11.5. The highest BCUT2D eigenvalue weighted by Gasteiger charge is 2.02. The molecule has 0 aromatic carbocycles. The number of hydrogen-bond donors (Lipinski definition) is 1. The molecular formula is C20H41O4P. The van der Waals surface area contributed by atoms with Crippen LogP contribution >= 0.6 is 9.03 Å². The zero-order valence-corrected chi connectivity index (χ0v) is 17.4. The Kier molecular flexibility index (Phi) is 21.7. The van der Waals surface area contributed by atoms with Gasteiger partial charge in [0.25, 0.3) is 0 Å². The highest BCUT2D eigenvalue weighted by atomic mass is 31.1. The van der Waals surface area contributed by atoms with Gasteiger partial charge in [-0.1, -0.05) is 90.4 Å². The van der Waals surface area contributed by atoms with E-state index in [1.165, 1.54) is 77.0 Å². The highest BCUT2D eigenvalue weighted by Crippen LogP contribution is 2.13. The number of carbonyl (C=O) groups is 1. The van der Waals surface area contributed by atoms with Gasteiger partial charge in [0, 0.05) is 12.8 Å². The Bertz CT molecular complexity index is 274. The molecule has 0 radical (unpaired) electrons. The second-order valence-electron chi connectivity index (χ2n) is 6.86. The van der Waals surface area contributed by atoms with E-state index in [0.717, 1.165) is 12.8 Å². The van der Waals surface area contributed by atoms with Crippen LogP contribution < -0.4 is 0 Å². The van der Waals surface area contributed by atoms with Crippen LogP contribution in [0.5, 0.6) is 0 Å². The van der Waals surface area contributed by atoms with Crippen molar-refractivity contribution < 1.29 is 18.9 Å². The lowest BCUT2D eigenvalue weighted by Gasteiger charge is -2.05. The normalized spacial score (nSPS) is 11.4. The Morgan fingerprint density at radius 3 is 1.68 bits per heavy atom. The van der Waals surface area contributed by atoms with Gasteiger partial charge in [0.15, 0.2) is 9.03 Å². The zero-order valence-electron chi connectivity index (χ0n) is 16.4. The third kappa shape index (κ3) is 21.8. The molecule has 0 rings (SSSR count). The first-order valence-electron chi connectivity index (χ1n) is 10.5. The highest BCUT2D eigenvalue weighted by molar-refractivity contribution is 7.24. The van der Waals surface area contributed by atoms with Gasteiger partial charge in [-0.25, -0.2) is 0 Å². The number of ether oxygens (including phenoxy) is 1. The van der Waals surface area contributed by atoms with E-state index < -0.39 is 9.03 Å². The third-order valence-corrected chi connectivity index (χ3v) is 4.79. The molecule has 0 heterocycles. The molecule has 0 bridgehead atoms. The van der Waals surface area contributed by atoms with Crippen LogP contribution in [0.4, 0.5) is 0 Å². The standard InChI is InChI=1S/C20H41O4P/c1-2-3-4-5-6-7-8-9-10-11-12-13-14-15-17-20(21)23-18-16-19-24-25-22/h22,25H,2-19H2,1H3. The molecule has 150 valence electrons. The summed E-state index contributed by atoms with van der Waals surface area (Å²) < 4.78 is 9.90. The van der Waals surface area contributed by atoms with E-state index in [9.17, 15) is 4.79 Å². The second-order valence-corrected chi connectivity index (χ2v) is 7.33. The lowest BCUT2D eigenvalue weighted by atomic mass is 10.0. The van der Waals surface area contributed by atoms with Crippen molar-refractivity contribution in [1.29, 1.82) is 0 Å². The van der Waals surface area contributed by atoms with E-state index in [1.54, 1.807) is 0 Å². The molecule has 0 spiro atoms. The number of carbonyl (C=O) groups excluding carboxylic acids is 1. The molecule has 0 amide bonds. The molecule has 0 aromatic heterocycles. The summed E-state index contributed by atoms with van der Waals surface area (Å²) in [4.78, 5) is 20.0. The summed E-state index contributed by atoms with van der Waals surface area (Å²) in [6, 6.07) is 0. The van der Waals surface area contributed by atoms with Crippen molar-refractivity contribution in [3.05, 3.63) is 0 Å². The fourth-order valence-electron chi connectivity index (χ4n) is 2.90. The first-order chi connectivity index (χ1) is 12.3.